The molecule has 4 aromatic carbocycles. The fourth-order valence-electron chi connectivity index (χ4n) is 5.28. The van der Waals surface area contributed by atoms with E-state index < -0.39 is 0 Å². The quantitative estimate of drug-likeness (QED) is 0.162. The van der Waals surface area contributed by atoms with Gasteiger partial charge >= 0.3 is 0 Å². The molecule has 2 unspecified atom stereocenters. The zero-order valence-electron chi connectivity index (χ0n) is 23.6. The lowest BCUT2D eigenvalue weighted by molar-refractivity contribution is 0.239. The Morgan fingerprint density at radius 3 is 1.93 bits per heavy atom. The molecule has 0 aromatic heterocycles. The lowest BCUT2D eigenvalue weighted by atomic mass is 9.95. The molecule has 0 spiro atoms. The molecular weight excluding hydrogens is 486 g/mol. The Balaban J connectivity index is 1.70. The number of benzene rings is 4. The van der Waals surface area contributed by atoms with Crippen LogP contribution in [0.4, 0.5) is 5.69 Å². The third-order valence-electron chi connectivity index (χ3n) is 7.31. The Hall–Kier alpha value is -4.50. The van der Waals surface area contributed by atoms with E-state index in [0.717, 1.165) is 48.5 Å². The van der Waals surface area contributed by atoms with E-state index in [1.54, 1.807) is 6.20 Å². The minimum atomic E-state index is 0.0203. The third kappa shape index (κ3) is 7.77. The summed E-state index contributed by atoms with van der Waals surface area (Å²) in [5, 5.41) is 6.98. The van der Waals surface area contributed by atoms with E-state index in [9.17, 15) is 0 Å². The van der Waals surface area contributed by atoms with Gasteiger partial charge in [-0.1, -0.05) is 129 Å². The van der Waals surface area contributed by atoms with E-state index in [-0.39, 0.29) is 12.1 Å². The summed E-state index contributed by atoms with van der Waals surface area (Å²) < 4.78 is 0. The number of rotatable bonds is 15. The Bertz CT molecular complexity index is 1360. The van der Waals surface area contributed by atoms with Crippen molar-refractivity contribution in [3.05, 3.63) is 169 Å². The van der Waals surface area contributed by atoms with Crippen LogP contribution in [0.15, 0.2) is 147 Å². The lowest BCUT2D eigenvalue weighted by Gasteiger charge is -2.42. The first kappa shape index (κ1) is 28.5. The van der Waals surface area contributed by atoms with Crippen molar-refractivity contribution in [2.45, 2.75) is 44.8 Å². The van der Waals surface area contributed by atoms with Crippen LogP contribution in [0.3, 0.4) is 0 Å². The molecular formula is C37H41N3. The van der Waals surface area contributed by atoms with Gasteiger partial charge in [0.2, 0.25) is 0 Å². The summed E-state index contributed by atoms with van der Waals surface area (Å²) >= 11 is 0. The second-order valence-corrected chi connectivity index (χ2v) is 10.2. The second-order valence-electron chi connectivity index (χ2n) is 10.2. The van der Waals surface area contributed by atoms with Gasteiger partial charge in [0.05, 0.1) is 6.04 Å². The first-order chi connectivity index (χ1) is 19.6. The summed E-state index contributed by atoms with van der Waals surface area (Å²) in [6.07, 6.45) is 4.45. The van der Waals surface area contributed by atoms with Gasteiger partial charge in [0.25, 0.3) is 0 Å². The summed E-state index contributed by atoms with van der Waals surface area (Å²) in [6.45, 7) is 16.2. The zero-order chi connectivity index (χ0) is 28.2. The number of hydrogen-bond donors (Lipinski definition) is 2. The minimum absolute atomic E-state index is 0.0203. The van der Waals surface area contributed by atoms with Gasteiger partial charge in [0.1, 0.15) is 0 Å². The maximum Gasteiger partial charge on any atom is 0.0688 e. The molecule has 0 amide bonds. The molecule has 0 saturated heterocycles. The van der Waals surface area contributed by atoms with Crippen molar-refractivity contribution in [2.24, 2.45) is 0 Å². The topological polar surface area (TPSA) is 27.3 Å². The lowest BCUT2D eigenvalue weighted by Crippen LogP contribution is -2.45. The molecule has 2 atom stereocenters. The summed E-state index contributed by atoms with van der Waals surface area (Å²) in [7, 11) is 0. The number of nitrogens with one attached hydrogen (secondary N) is 2. The largest absolute Gasteiger partial charge is 0.383 e. The Morgan fingerprint density at radius 2 is 1.30 bits per heavy atom. The fourth-order valence-corrected chi connectivity index (χ4v) is 5.28. The van der Waals surface area contributed by atoms with E-state index in [0.29, 0.717) is 0 Å². The average molecular weight is 528 g/mol. The highest BCUT2D eigenvalue weighted by atomic mass is 15.2. The van der Waals surface area contributed by atoms with Gasteiger partial charge in [-0.2, -0.15) is 0 Å². The van der Waals surface area contributed by atoms with Crippen LogP contribution < -0.4 is 10.6 Å². The highest BCUT2D eigenvalue weighted by molar-refractivity contribution is 5.75. The first-order valence-electron chi connectivity index (χ1n) is 14.1. The van der Waals surface area contributed by atoms with Crippen LogP contribution in [-0.4, -0.2) is 17.0 Å². The van der Waals surface area contributed by atoms with E-state index in [1.165, 1.54) is 16.7 Å². The molecule has 0 bridgehead atoms. The molecule has 0 aliphatic heterocycles. The van der Waals surface area contributed by atoms with Gasteiger partial charge in [0, 0.05) is 35.2 Å². The molecule has 0 saturated carbocycles. The molecule has 40 heavy (non-hydrogen) atoms. The van der Waals surface area contributed by atoms with Crippen molar-refractivity contribution in [1.29, 1.82) is 0 Å². The molecule has 3 heteroatoms. The molecule has 4 rings (SSSR count). The van der Waals surface area contributed by atoms with Crippen molar-refractivity contribution in [2.75, 3.05) is 5.32 Å². The molecule has 0 fully saturated rings. The van der Waals surface area contributed by atoms with Crippen LogP contribution in [0.5, 0.6) is 0 Å². The van der Waals surface area contributed by atoms with Crippen LogP contribution >= 0.6 is 0 Å². The van der Waals surface area contributed by atoms with Crippen LogP contribution in [0.25, 0.3) is 5.70 Å². The first-order valence-corrected chi connectivity index (χ1v) is 14.1. The number of anilines is 1. The van der Waals surface area contributed by atoms with Crippen molar-refractivity contribution in [1.82, 2.24) is 10.2 Å². The standard InChI is InChI=1S/C37H41N3/c1-5-38-36-24-16-15-23-35(36)31(4)40(29(2)27-33-19-11-7-12-20-33)37(26-25-32-17-9-6-10-18-32)30(3)39-28-34-21-13-8-14-22-34/h5-24,29,37-39H,1,3-4,25-28H2,2H3. The smallest absolute Gasteiger partial charge is 0.0688 e. The van der Waals surface area contributed by atoms with E-state index in [1.807, 2.05) is 12.1 Å². The molecule has 3 nitrogen and oxygen atoms in total. The van der Waals surface area contributed by atoms with Gasteiger partial charge in [-0.25, -0.2) is 0 Å². The van der Waals surface area contributed by atoms with Crippen molar-refractivity contribution >= 4 is 11.4 Å². The minimum Gasteiger partial charge on any atom is -0.383 e. The van der Waals surface area contributed by atoms with E-state index >= 15 is 0 Å². The molecule has 0 radical (unpaired) electrons. The third-order valence-corrected chi connectivity index (χ3v) is 7.31. The van der Waals surface area contributed by atoms with Crippen molar-refractivity contribution in [3.8, 4) is 0 Å². The molecule has 0 aliphatic rings. The average Bonchev–Trinajstić information content (AvgIpc) is 2.99. The number of aryl methyl sites for hydroxylation is 1. The van der Waals surface area contributed by atoms with Crippen molar-refractivity contribution < 1.29 is 0 Å². The van der Waals surface area contributed by atoms with Gasteiger partial charge < -0.3 is 15.5 Å². The van der Waals surface area contributed by atoms with Crippen LogP contribution in [0.2, 0.25) is 0 Å². The maximum atomic E-state index is 4.69. The maximum absolute atomic E-state index is 4.69. The Morgan fingerprint density at radius 1 is 0.750 bits per heavy atom. The number of para-hydroxylation sites is 1. The predicted molar refractivity (Wildman–Crippen MR) is 172 cm³/mol. The number of hydrogen-bond acceptors (Lipinski definition) is 3. The van der Waals surface area contributed by atoms with E-state index in [4.69, 9.17) is 6.58 Å². The van der Waals surface area contributed by atoms with Gasteiger partial charge in [-0.15, -0.1) is 0 Å². The molecule has 204 valence electrons. The highest BCUT2D eigenvalue weighted by Gasteiger charge is 2.29. The monoisotopic (exact) mass is 527 g/mol. The fraction of sp³-hybridized carbons (Fsp3) is 0.189. The normalized spacial score (nSPS) is 12.1. The Kier molecular flexibility index (Phi) is 10.4. The van der Waals surface area contributed by atoms with Crippen LogP contribution in [0.1, 0.15) is 35.6 Å². The predicted octanol–water partition coefficient (Wildman–Crippen LogP) is 8.45. The summed E-state index contributed by atoms with van der Waals surface area (Å²) in [4.78, 5) is 2.47. The number of nitrogens with zero attached hydrogens (tertiary/aromatic N) is 1. The Labute approximate surface area is 240 Å². The van der Waals surface area contributed by atoms with Gasteiger partial charge in [0.15, 0.2) is 0 Å². The molecule has 4 aromatic rings. The summed E-state index contributed by atoms with van der Waals surface area (Å²) in [5.74, 6) is 0. The molecule has 2 N–H and O–H groups in total. The second kappa shape index (κ2) is 14.6. The van der Waals surface area contributed by atoms with Crippen LogP contribution in [-0.2, 0) is 19.4 Å². The van der Waals surface area contributed by atoms with Crippen LogP contribution in [0, 0.1) is 0 Å². The van der Waals surface area contributed by atoms with E-state index in [2.05, 4.69) is 139 Å². The highest BCUT2D eigenvalue weighted by Crippen LogP contribution is 2.33. The zero-order valence-corrected chi connectivity index (χ0v) is 23.6. The van der Waals surface area contributed by atoms with Gasteiger partial charge in [-0.3, -0.25) is 0 Å². The van der Waals surface area contributed by atoms with Crippen molar-refractivity contribution in [3.63, 3.8) is 0 Å². The molecule has 0 aliphatic carbocycles. The summed E-state index contributed by atoms with van der Waals surface area (Å²) in [5.41, 5.74) is 7.86. The summed E-state index contributed by atoms with van der Waals surface area (Å²) in [6, 6.07) is 40.4. The SMILES string of the molecule is C=CNc1ccccc1C(=C)N(C(C)Cc1ccccc1)C(CCc1ccccc1)C(=C)NCc1ccccc1. The van der Waals surface area contributed by atoms with Gasteiger partial charge in [-0.05, 0) is 55.1 Å². The molecule has 0 heterocycles.